The van der Waals surface area contributed by atoms with Crippen LogP contribution in [0.3, 0.4) is 0 Å². The van der Waals surface area contributed by atoms with Crippen molar-refractivity contribution >= 4 is 65.7 Å². The zero-order valence-corrected chi connectivity index (χ0v) is 20.6. The number of hydrogen-bond acceptors (Lipinski definition) is 7. The zero-order chi connectivity index (χ0) is 26.3. The molecule has 8 nitrogen and oxygen atoms in total. The molecule has 3 aromatic heterocycles. The molecule has 3 heterocycles. The summed E-state index contributed by atoms with van der Waals surface area (Å²) in [5.41, 5.74) is -0.344. The fourth-order valence-electron chi connectivity index (χ4n) is 3.70. The maximum Gasteiger partial charge on any atom is 0.416 e. The molecule has 13 heteroatoms. The topological polar surface area (TPSA) is 106 Å². The smallest absolute Gasteiger partial charge is 0.325 e. The van der Waals surface area contributed by atoms with Gasteiger partial charge in [-0.15, -0.1) is 11.3 Å². The Morgan fingerprint density at radius 1 is 1.05 bits per heavy atom. The molecule has 0 fully saturated rings. The summed E-state index contributed by atoms with van der Waals surface area (Å²) in [5, 5.41) is 5.72. The average molecular weight is 544 g/mol. The lowest BCUT2D eigenvalue weighted by Crippen LogP contribution is -2.28. The molecule has 0 bridgehead atoms. The molecule has 0 saturated heterocycles. The molecule has 2 amide bonds. The lowest BCUT2D eigenvalue weighted by atomic mass is 10.2. The molecule has 0 unspecified atom stereocenters. The minimum Gasteiger partial charge on any atom is -0.325 e. The van der Waals surface area contributed by atoms with Gasteiger partial charge in [-0.3, -0.25) is 24.3 Å². The Balaban J connectivity index is 1.36. The number of aromatic nitrogens is 3. The molecule has 2 N–H and O–H groups in total. The summed E-state index contributed by atoms with van der Waals surface area (Å²) in [6.07, 6.45) is -3.39. The van der Waals surface area contributed by atoms with Gasteiger partial charge in [0, 0.05) is 5.69 Å². The van der Waals surface area contributed by atoms with Gasteiger partial charge in [0.05, 0.1) is 32.4 Å². The first-order valence-electron chi connectivity index (χ1n) is 10.7. The number of aryl methyl sites for hydroxylation is 1. The SMILES string of the molecule is Cc1c(C(=O)Nc2nc3ccccc3s2)sc2ncn(CC(=O)Nc3cccc(C(F)(F)F)c3)c(=O)c12. The number of nitrogens with zero attached hydrogens (tertiary/aromatic N) is 3. The lowest BCUT2D eigenvalue weighted by molar-refractivity contribution is -0.137. The summed E-state index contributed by atoms with van der Waals surface area (Å²) in [6.45, 7) is 1.14. The highest BCUT2D eigenvalue weighted by Crippen LogP contribution is 2.31. The van der Waals surface area contributed by atoms with Crippen LogP contribution >= 0.6 is 22.7 Å². The van der Waals surface area contributed by atoms with E-state index < -0.39 is 35.7 Å². The maximum absolute atomic E-state index is 13.1. The van der Waals surface area contributed by atoms with Crippen LogP contribution in [0.15, 0.2) is 59.7 Å². The monoisotopic (exact) mass is 543 g/mol. The summed E-state index contributed by atoms with van der Waals surface area (Å²) in [7, 11) is 0. The van der Waals surface area contributed by atoms with Crippen LogP contribution in [0.25, 0.3) is 20.4 Å². The van der Waals surface area contributed by atoms with E-state index in [-0.39, 0.29) is 16.0 Å². The number of thiazole rings is 1. The summed E-state index contributed by atoms with van der Waals surface area (Å²) >= 11 is 2.36. The molecule has 5 rings (SSSR count). The third kappa shape index (κ3) is 4.95. The van der Waals surface area contributed by atoms with Crippen LogP contribution in [0.4, 0.5) is 24.0 Å². The normalized spacial score (nSPS) is 11.7. The lowest BCUT2D eigenvalue weighted by Gasteiger charge is -2.10. The van der Waals surface area contributed by atoms with Gasteiger partial charge in [0.25, 0.3) is 11.5 Å². The minimum atomic E-state index is -4.56. The van der Waals surface area contributed by atoms with Crippen molar-refractivity contribution in [1.82, 2.24) is 14.5 Å². The zero-order valence-electron chi connectivity index (χ0n) is 18.9. The number of carbonyl (C=O) groups is 2. The fraction of sp³-hybridized carbons (Fsp3) is 0.125. The number of benzene rings is 2. The first-order valence-corrected chi connectivity index (χ1v) is 12.4. The van der Waals surface area contributed by atoms with Crippen molar-refractivity contribution in [2.24, 2.45) is 0 Å². The van der Waals surface area contributed by atoms with E-state index in [0.29, 0.717) is 15.5 Å². The summed E-state index contributed by atoms with van der Waals surface area (Å²) in [5.74, 6) is -1.14. The summed E-state index contributed by atoms with van der Waals surface area (Å²) in [6, 6.07) is 11.6. The van der Waals surface area contributed by atoms with Crippen LogP contribution in [-0.4, -0.2) is 26.3 Å². The molecule has 0 aliphatic carbocycles. The van der Waals surface area contributed by atoms with Crippen molar-refractivity contribution in [1.29, 1.82) is 0 Å². The Labute approximate surface area is 214 Å². The van der Waals surface area contributed by atoms with E-state index in [2.05, 4.69) is 20.6 Å². The second-order valence-electron chi connectivity index (χ2n) is 7.98. The van der Waals surface area contributed by atoms with Crippen molar-refractivity contribution in [3.8, 4) is 0 Å². The summed E-state index contributed by atoms with van der Waals surface area (Å²) in [4.78, 5) is 47.7. The van der Waals surface area contributed by atoms with Gasteiger partial charge in [-0.1, -0.05) is 29.5 Å². The number of rotatable bonds is 5. The fourth-order valence-corrected chi connectivity index (χ4v) is 5.59. The van der Waals surface area contributed by atoms with Gasteiger partial charge in [0.2, 0.25) is 5.91 Å². The van der Waals surface area contributed by atoms with Gasteiger partial charge >= 0.3 is 6.18 Å². The molecule has 0 aliphatic rings. The number of alkyl halides is 3. The number of nitrogens with one attached hydrogen (secondary N) is 2. The number of amides is 2. The van der Waals surface area contributed by atoms with Gasteiger partial charge in [-0.05, 0) is 42.8 Å². The molecule has 0 aliphatic heterocycles. The maximum atomic E-state index is 13.1. The number of hydrogen-bond donors (Lipinski definition) is 2. The van der Waals surface area contributed by atoms with E-state index >= 15 is 0 Å². The molecular formula is C24H16F3N5O3S2. The van der Waals surface area contributed by atoms with E-state index in [1.165, 1.54) is 29.8 Å². The highest BCUT2D eigenvalue weighted by molar-refractivity contribution is 7.23. The third-order valence-corrected chi connectivity index (χ3v) is 7.58. The Morgan fingerprint density at radius 2 is 1.84 bits per heavy atom. The first-order chi connectivity index (χ1) is 17.6. The second kappa shape index (κ2) is 9.41. The Bertz CT molecular complexity index is 1710. The molecule has 0 spiro atoms. The number of halogens is 3. The highest BCUT2D eigenvalue weighted by Gasteiger charge is 2.30. The number of carbonyl (C=O) groups excluding carboxylic acids is 2. The van der Waals surface area contributed by atoms with E-state index in [1.54, 1.807) is 6.92 Å². The van der Waals surface area contributed by atoms with E-state index in [1.807, 2.05) is 24.3 Å². The molecule has 0 radical (unpaired) electrons. The Hall–Kier alpha value is -4.10. The number of thiophene rings is 1. The Kier molecular flexibility index (Phi) is 6.25. The average Bonchev–Trinajstić information content (AvgIpc) is 3.41. The van der Waals surface area contributed by atoms with Gasteiger partial charge in [-0.25, -0.2) is 9.97 Å². The predicted molar refractivity (Wildman–Crippen MR) is 136 cm³/mol. The molecular weight excluding hydrogens is 527 g/mol. The van der Waals surface area contributed by atoms with Crippen LogP contribution in [0.1, 0.15) is 20.8 Å². The Morgan fingerprint density at radius 3 is 2.59 bits per heavy atom. The molecule has 2 aromatic carbocycles. The first kappa shape index (κ1) is 24.6. The number of para-hydroxylation sites is 1. The standard InChI is InChI=1S/C24H16F3N5O3S2/c1-12-18-21(37-19(12)20(34)31-23-30-15-7-2-3-8-16(15)36-23)28-11-32(22(18)35)10-17(33)29-14-6-4-5-13(9-14)24(25,26)27/h2-9,11H,10H2,1H3,(H,29,33)(H,30,31,34). The largest absolute Gasteiger partial charge is 0.416 e. The molecule has 37 heavy (non-hydrogen) atoms. The van der Waals surface area contributed by atoms with Crippen molar-refractivity contribution in [2.75, 3.05) is 10.6 Å². The van der Waals surface area contributed by atoms with Crippen LogP contribution in [0, 0.1) is 6.92 Å². The van der Waals surface area contributed by atoms with E-state index in [9.17, 15) is 27.6 Å². The van der Waals surface area contributed by atoms with Crippen LogP contribution in [0.2, 0.25) is 0 Å². The summed E-state index contributed by atoms with van der Waals surface area (Å²) < 4.78 is 40.7. The van der Waals surface area contributed by atoms with Crippen molar-refractivity contribution in [3.05, 3.63) is 81.2 Å². The van der Waals surface area contributed by atoms with Gasteiger partial charge in [0.15, 0.2) is 5.13 Å². The van der Waals surface area contributed by atoms with Crippen molar-refractivity contribution in [2.45, 2.75) is 19.6 Å². The van der Waals surface area contributed by atoms with Crippen molar-refractivity contribution < 1.29 is 22.8 Å². The van der Waals surface area contributed by atoms with Crippen LogP contribution < -0.4 is 16.2 Å². The number of anilines is 2. The van der Waals surface area contributed by atoms with Crippen LogP contribution in [-0.2, 0) is 17.5 Å². The number of fused-ring (bicyclic) bond motifs is 2. The van der Waals surface area contributed by atoms with Crippen molar-refractivity contribution in [3.63, 3.8) is 0 Å². The third-order valence-electron chi connectivity index (χ3n) is 5.43. The van der Waals surface area contributed by atoms with E-state index in [0.717, 1.165) is 38.3 Å². The van der Waals surface area contributed by atoms with Crippen LogP contribution in [0.5, 0.6) is 0 Å². The minimum absolute atomic E-state index is 0.0533. The van der Waals surface area contributed by atoms with Gasteiger partial charge in [-0.2, -0.15) is 13.2 Å². The van der Waals surface area contributed by atoms with E-state index in [4.69, 9.17) is 0 Å². The second-order valence-corrected chi connectivity index (χ2v) is 10.0. The molecule has 0 atom stereocenters. The highest BCUT2D eigenvalue weighted by atomic mass is 32.1. The molecule has 188 valence electrons. The van der Waals surface area contributed by atoms with Gasteiger partial charge in [0.1, 0.15) is 11.4 Å². The molecule has 5 aromatic rings. The molecule has 0 saturated carbocycles. The quantitative estimate of drug-likeness (QED) is 0.314. The predicted octanol–water partition coefficient (Wildman–Crippen LogP) is 5.29. The van der Waals surface area contributed by atoms with Gasteiger partial charge < -0.3 is 5.32 Å².